The summed E-state index contributed by atoms with van der Waals surface area (Å²) in [6.45, 7) is 3.27. The van der Waals surface area contributed by atoms with Crippen LogP contribution in [0.25, 0.3) is 0 Å². The molecule has 0 aliphatic heterocycles. The summed E-state index contributed by atoms with van der Waals surface area (Å²) in [5, 5.41) is 14.4. The number of rotatable bonds is 6. The molecular weight excluding hydrogens is 330 g/mol. The van der Waals surface area contributed by atoms with Gasteiger partial charge in [0.1, 0.15) is 5.75 Å². The second-order valence-electron chi connectivity index (χ2n) is 6.10. The molecule has 1 fully saturated rings. The van der Waals surface area contributed by atoms with E-state index in [1.54, 1.807) is 7.11 Å². The lowest BCUT2D eigenvalue weighted by Gasteiger charge is -2.36. The summed E-state index contributed by atoms with van der Waals surface area (Å²) in [6.07, 6.45) is 5.76. The molecule has 1 aromatic rings. The number of halogens is 1. The van der Waals surface area contributed by atoms with Crippen molar-refractivity contribution < 1.29 is 9.84 Å². The predicted octanol–water partition coefficient (Wildman–Crippen LogP) is 3.67. The molecule has 0 aromatic heterocycles. The maximum atomic E-state index is 10.8. The molecule has 0 bridgehead atoms. The van der Waals surface area contributed by atoms with Gasteiger partial charge in [0.2, 0.25) is 0 Å². The first-order valence-electron chi connectivity index (χ1n) is 7.84. The lowest BCUT2D eigenvalue weighted by atomic mass is 9.78. The molecule has 1 aliphatic carbocycles. The zero-order valence-electron chi connectivity index (χ0n) is 13.0. The lowest BCUT2D eigenvalue weighted by Crippen LogP contribution is -2.42. The molecule has 0 unspecified atom stereocenters. The molecule has 0 saturated heterocycles. The van der Waals surface area contributed by atoms with Crippen LogP contribution < -0.4 is 10.1 Å². The molecule has 118 valence electrons. The Bertz CT molecular complexity index is 456. The Hall–Kier alpha value is -0.580. The largest absolute Gasteiger partial charge is 0.496 e. The molecule has 21 heavy (non-hydrogen) atoms. The highest BCUT2D eigenvalue weighted by Gasteiger charge is 2.33. The summed E-state index contributed by atoms with van der Waals surface area (Å²) in [7, 11) is 1.66. The summed E-state index contributed by atoms with van der Waals surface area (Å²) in [4.78, 5) is 0. The van der Waals surface area contributed by atoms with Crippen LogP contribution in [0, 0.1) is 0 Å². The van der Waals surface area contributed by atoms with E-state index in [9.17, 15) is 5.11 Å². The smallest absolute Gasteiger partial charge is 0.133 e. The van der Waals surface area contributed by atoms with Crippen molar-refractivity contribution in [3.8, 4) is 5.75 Å². The van der Waals surface area contributed by atoms with Gasteiger partial charge in [-0.25, -0.2) is 0 Å². The number of methoxy groups -OCH3 is 1. The Morgan fingerprint density at radius 3 is 2.67 bits per heavy atom. The Kier molecular flexibility index (Phi) is 6.08. The van der Waals surface area contributed by atoms with E-state index in [1.165, 1.54) is 6.42 Å². The summed E-state index contributed by atoms with van der Waals surface area (Å²) >= 11 is 3.51. The van der Waals surface area contributed by atoms with Gasteiger partial charge in [-0.05, 0) is 72.3 Å². The SMILES string of the molecule is CCCNC1CCC(O)(Cc2ccc(OC)c(Br)c2)CC1. The molecule has 0 amide bonds. The van der Waals surface area contributed by atoms with Gasteiger partial charge in [0, 0.05) is 12.5 Å². The van der Waals surface area contributed by atoms with Crippen molar-refractivity contribution in [2.75, 3.05) is 13.7 Å². The van der Waals surface area contributed by atoms with Crippen molar-refractivity contribution in [1.29, 1.82) is 0 Å². The Morgan fingerprint density at radius 2 is 2.10 bits per heavy atom. The molecule has 0 heterocycles. The van der Waals surface area contributed by atoms with Crippen LogP contribution in [0.5, 0.6) is 5.75 Å². The highest BCUT2D eigenvalue weighted by Crippen LogP contribution is 2.33. The van der Waals surface area contributed by atoms with Crippen molar-refractivity contribution in [3.63, 3.8) is 0 Å². The van der Waals surface area contributed by atoms with Gasteiger partial charge in [-0.2, -0.15) is 0 Å². The summed E-state index contributed by atoms with van der Waals surface area (Å²) in [6, 6.07) is 6.63. The van der Waals surface area contributed by atoms with Crippen molar-refractivity contribution in [2.45, 2.75) is 57.1 Å². The molecule has 0 atom stereocenters. The van der Waals surface area contributed by atoms with Crippen LogP contribution in [0.2, 0.25) is 0 Å². The van der Waals surface area contributed by atoms with Gasteiger partial charge in [-0.3, -0.25) is 0 Å². The predicted molar refractivity (Wildman–Crippen MR) is 89.9 cm³/mol. The minimum atomic E-state index is -0.557. The first-order chi connectivity index (χ1) is 10.1. The van der Waals surface area contributed by atoms with Gasteiger partial charge < -0.3 is 15.2 Å². The van der Waals surface area contributed by atoms with E-state index in [2.05, 4.69) is 34.2 Å². The van der Waals surface area contributed by atoms with Crippen LogP contribution >= 0.6 is 15.9 Å². The molecule has 1 aliphatic rings. The van der Waals surface area contributed by atoms with E-state index >= 15 is 0 Å². The van der Waals surface area contributed by atoms with Gasteiger partial charge >= 0.3 is 0 Å². The molecule has 4 heteroatoms. The van der Waals surface area contributed by atoms with Gasteiger partial charge in [0.05, 0.1) is 17.2 Å². The van der Waals surface area contributed by atoms with E-state index in [4.69, 9.17) is 4.74 Å². The third-order valence-corrected chi connectivity index (χ3v) is 4.97. The average molecular weight is 356 g/mol. The topological polar surface area (TPSA) is 41.5 Å². The third kappa shape index (κ3) is 4.70. The number of benzene rings is 1. The fourth-order valence-electron chi connectivity index (χ4n) is 3.08. The van der Waals surface area contributed by atoms with Crippen LogP contribution in [0.4, 0.5) is 0 Å². The number of nitrogens with one attached hydrogen (secondary N) is 1. The van der Waals surface area contributed by atoms with E-state index in [0.717, 1.165) is 54.4 Å². The van der Waals surface area contributed by atoms with E-state index in [1.807, 2.05) is 12.1 Å². The molecule has 2 rings (SSSR count). The maximum absolute atomic E-state index is 10.8. The highest BCUT2D eigenvalue weighted by molar-refractivity contribution is 9.10. The lowest BCUT2D eigenvalue weighted by molar-refractivity contribution is -0.00308. The quantitative estimate of drug-likeness (QED) is 0.817. The van der Waals surface area contributed by atoms with Crippen molar-refractivity contribution in [2.24, 2.45) is 0 Å². The first kappa shape index (κ1) is 16.8. The number of hydrogen-bond donors (Lipinski definition) is 2. The van der Waals surface area contributed by atoms with E-state index < -0.39 is 5.60 Å². The monoisotopic (exact) mass is 355 g/mol. The first-order valence-corrected chi connectivity index (χ1v) is 8.64. The standard InChI is InChI=1S/C17H26BrNO2/c1-3-10-19-14-6-8-17(20,9-7-14)12-13-4-5-16(21-2)15(18)11-13/h4-5,11,14,19-20H,3,6-10,12H2,1-2H3. The zero-order chi connectivity index (χ0) is 15.3. The van der Waals surface area contributed by atoms with Gasteiger partial charge in [-0.1, -0.05) is 13.0 Å². The normalized spacial score (nSPS) is 25.8. The van der Waals surface area contributed by atoms with Crippen LogP contribution in [0.15, 0.2) is 22.7 Å². The average Bonchev–Trinajstić information content (AvgIpc) is 2.47. The summed E-state index contributed by atoms with van der Waals surface area (Å²) in [5.41, 5.74) is 0.600. The summed E-state index contributed by atoms with van der Waals surface area (Å²) < 4.78 is 6.20. The maximum Gasteiger partial charge on any atom is 0.133 e. The number of aliphatic hydroxyl groups is 1. The molecule has 2 N–H and O–H groups in total. The minimum absolute atomic E-state index is 0.557. The Morgan fingerprint density at radius 1 is 1.38 bits per heavy atom. The Labute approximate surface area is 136 Å². The van der Waals surface area contributed by atoms with Gasteiger partial charge in [-0.15, -0.1) is 0 Å². The molecule has 0 spiro atoms. The summed E-state index contributed by atoms with van der Waals surface area (Å²) in [5.74, 6) is 0.832. The van der Waals surface area contributed by atoms with Gasteiger partial charge in [0.25, 0.3) is 0 Å². The van der Waals surface area contributed by atoms with Gasteiger partial charge in [0.15, 0.2) is 0 Å². The molecule has 3 nitrogen and oxygen atoms in total. The molecule has 1 saturated carbocycles. The van der Waals surface area contributed by atoms with Crippen molar-refractivity contribution in [3.05, 3.63) is 28.2 Å². The van der Waals surface area contributed by atoms with Crippen LogP contribution in [-0.2, 0) is 6.42 Å². The van der Waals surface area contributed by atoms with E-state index in [-0.39, 0.29) is 0 Å². The fourth-order valence-corrected chi connectivity index (χ4v) is 3.67. The second-order valence-corrected chi connectivity index (χ2v) is 6.95. The second kappa shape index (κ2) is 7.61. The highest BCUT2D eigenvalue weighted by atomic mass is 79.9. The van der Waals surface area contributed by atoms with Crippen LogP contribution in [-0.4, -0.2) is 30.4 Å². The van der Waals surface area contributed by atoms with E-state index in [0.29, 0.717) is 6.04 Å². The number of hydrogen-bond acceptors (Lipinski definition) is 3. The third-order valence-electron chi connectivity index (χ3n) is 4.35. The number of ether oxygens (including phenoxy) is 1. The minimum Gasteiger partial charge on any atom is -0.496 e. The van der Waals surface area contributed by atoms with Crippen LogP contribution in [0.1, 0.15) is 44.6 Å². The van der Waals surface area contributed by atoms with Crippen molar-refractivity contribution in [1.82, 2.24) is 5.32 Å². The molecule has 0 radical (unpaired) electrons. The van der Waals surface area contributed by atoms with Crippen molar-refractivity contribution >= 4 is 15.9 Å². The Balaban J connectivity index is 1.92. The fraction of sp³-hybridized carbons (Fsp3) is 0.647. The zero-order valence-corrected chi connectivity index (χ0v) is 14.6. The molecular formula is C17H26BrNO2. The molecule has 1 aromatic carbocycles. The van der Waals surface area contributed by atoms with Crippen LogP contribution in [0.3, 0.4) is 0 Å².